The number of halogens is 1. The Bertz CT molecular complexity index is 526. The second-order valence-corrected chi connectivity index (χ2v) is 6.15. The maximum absolute atomic E-state index is 5.97. The van der Waals surface area contributed by atoms with Gasteiger partial charge in [-0.15, -0.1) is 23.5 Å². The van der Waals surface area contributed by atoms with Crippen molar-refractivity contribution in [2.45, 2.75) is 15.5 Å². The Balaban J connectivity index is 2.04. The maximum atomic E-state index is 5.97. The van der Waals surface area contributed by atoms with E-state index in [0.717, 1.165) is 21.4 Å². The molecule has 0 unspecified atom stereocenters. The van der Waals surface area contributed by atoms with Crippen LogP contribution in [0.3, 0.4) is 0 Å². The van der Waals surface area contributed by atoms with Gasteiger partial charge in [-0.05, 0) is 42.2 Å². The minimum Gasteiger partial charge on any atom is -0.398 e. The number of rotatable bonds is 4. The first-order valence-electron chi connectivity index (χ1n) is 5.50. The molecule has 0 bridgehead atoms. The number of benzene rings is 2. The van der Waals surface area contributed by atoms with Crippen LogP contribution in [-0.2, 0) is 5.75 Å². The van der Waals surface area contributed by atoms with Crippen molar-refractivity contribution < 1.29 is 0 Å². The average Bonchev–Trinajstić information content (AvgIpc) is 2.40. The van der Waals surface area contributed by atoms with Crippen molar-refractivity contribution in [3.63, 3.8) is 0 Å². The zero-order valence-corrected chi connectivity index (χ0v) is 12.4. The van der Waals surface area contributed by atoms with Crippen molar-refractivity contribution in [2.24, 2.45) is 0 Å². The number of hydrogen-bond donors (Lipinski definition) is 1. The van der Waals surface area contributed by atoms with Gasteiger partial charge in [0.25, 0.3) is 0 Å². The highest BCUT2D eigenvalue weighted by Crippen LogP contribution is 2.30. The van der Waals surface area contributed by atoms with Gasteiger partial charge in [-0.3, -0.25) is 0 Å². The van der Waals surface area contributed by atoms with Gasteiger partial charge >= 0.3 is 0 Å². The van der Waals surface area contributed by atoms with Gasteiger partial charge in [-0.1, -0.05) is 23.7 Å². The second kappa shape index (κ2) is 6.41. The fourth-order valence-electron chi connectivity index (χ4n) is 1.52. The first-order chi connectivity index (χ1) is 8.69. The lowest BCUT2D eigenvalue weighted by Crippen LogP contribution is -1.89. The van der Waals surface area contributed by atoms with Crippen LogP contribution < -0.4 is 5.73 Å². The molecular weight excluding hydrogens is 282 g/mol. The van der Waals surface area contributed by atoms with Gasteiger partial charge in [0, 0.05) is 26.3 Å². The zero-order chi connectivity index (χ0) is 13.0. The van der Waals surface area contributed by atoms with E-state index in [1.54, 1.807) is 23.5 Å². The normalized spacial score (nSPS) is 10.6. The predicted octanol–water partition coefficient (Wildman–Crippen LogP) is 4.94. The molecule has 94 valence electrons. The molecule has 0 aliphatic rings. The molecule has 0 saturated carbocycles. The van der Waals surface area contributed by atoms with Crippen LogP contribution in [0, 0.1) is 0 Å². The third-order valence-corrected chi connectivity index (χ3v) is 4.65. The topological polar surface area (TPSA) is 26.0 Å². The lowest BCUT2D eigenvalue weighted by atomic mass is 10.2. The third-order valence-electron chi connectivity index (χ3n) is 2.53. The van der Waals surface area contributed by atoms with Crippen LogP contribution in [0.25, 0.3) is 0 Å². The smallest absolute Gasteiger partial charge is 0.0453 e. The van der Waals surface area contributed by atoms with Gasteiger partial charge in [0.15, 0.2) is 0 Å². The van der Waals surface area contributed by atoms with Crippen molar-refractivity contribution in [1.29, 1.82) is 0 Å². The molecule has 2 rings (SSSR count). The van der Waals surface area contributed by atoms with E-state index in [2.05, 4.69) is 30.5 Å². The first-order valence-corrected chi connectivity index (χ1v) is 8.08. The van der Waals surface area contributed by atoms with Crippen molar-refractivity contribution >= 4 is 40.8 Å². The Morgan fingerprint density at radius 2 is 1.83 bits per heavy atom. The lowest BCUT2D eigenvalue weighted by molar-refractivity contribution is 1.34. The quantitative estimate of drug-likeness (QED) is 0.639. The first kappa shape index (κ1) is 13.7. The van der Waals surface area contributed by atoms with E-state index in [1.807, 2.05) is 18.2 Å². The van der Waals surface area contributed by atoms with Gasteiger partial charge in [-0.25, -0.2) is 0 Å². The van der Waals surface area contributed by atoms with Gasteiger partial charge in [0.05, 0.1) is 0 Å². The Morgan fingerprint density at radius 3 is 2.50 bits per heavy atom. The Hall–Kier alpha value is -0.770. The molecular formula is C14H14ClNS2. The zero-order valence-electron chi connectivity index (χ0n) is 10.0. The molecule has 2 N–H and O–H groups in total. The van der Waals surface area contributed by atoms with E-state index in [0.29, 0.717) is 0 Å². The van der Waals surface area contributed by atoms with E-state index in [9.17, 15) is 0 Å². The van der Waals surface area contributed by atoms with Crippen LogP contribution in [0.4, 0.5) is 5.69 Å². The summed E-state index contributed by atoms with van der Waals surface area (Å²) in [6.45, 7) is 0. The van der Waals surface area contributed by atoms with Crippen LogP contribution in [0.1, 0.15) is 5.56 Å². The molecule has 0 amide bonds. The van der Waals surface area contributed by atoms with Crippen LogP contribution in [0.15, 0.2) is 52.3 Å². The molecule has 4 heteroatoms. The van der Waals surface area contributed by atoms with Crippen molar-refractivity contribution in [3.05, 3.63) is 53.1 Å². The Morgan fingerprint density at radius 1 is 1.11 bits per heavy atom. The summed E-state index contributed by atoms with van der Waals surface area (Å²) in [6.07, 6.45) is 2.08. The van der Waals surface area contributed by atoms with Crippen molar-refractivity contribution in [3.8, 4) is 0 Å². The molecule has 0 aliphatic heterocycles. The summed E-state index contributed by atoms with van der Waals surface area (Å²) in [4.78, 5) is 2.32. The molecule has 0 radical (unpaired) electrons. The molecule has 0 heterocycles. The highest BCUT2D eigenvalue weighted by molar-refractivity contribution is 7.99. The SMILES string of the molecule is CSc1ccc(CSc2cc(Cl)ccc2N)cc1. The molecule has 0 spiro atoms. The van der Waals surface area contributed by atoms with Crippen molar-refractivity contribution in [1.82, 2.24) is 0 Å². The molecule has 0 fully saturated rings. The van der Waals surface area contributed by atoms with E-state index < -0.39 is 0 Å². The van der Waals surface area contributed by atoms with Gasteiger partial charge < -0.3 is 5.73 Å². The van der Waals surface area contributed by atoms with Crippen molar-refractivity contribution in [2.75, 3.05) is 12.0 Å². The number of thioether (sulfide) groups is 2. The van der Waals surface area contributed by atoms with Crippen LogP contribution >= 0.6 is 35.1 Å². The molecule has 0 aromatic heterocycles. The number of anilines is 1. The summed E-state index contributed by atoms with van der Waals surface area (Å²) in [5.74, 6) is 0.902. The Labute approximate surface area is 121 Å². The summed E-state index contributed by atoms with van der Waals surface area (Å²) in [5.41, 5.74) is 7.99. The summed E-state index contributed by atoms with van der Waals surface area (Å²) in [7, 11) is 0. The van der Waals surface area contributed by atoms with Gasteiger partial charge in [0.1, 0.15) is 0 Å². The van der Waals surface area contributed by atoms with E-state index in [1.165, 1.54) is 10.5 Å². The largest absolute Gasteiger partial charge is 0.398 e. The second-order valence-electron chi connectivity index (χ2n) is 3.82. The molecule has 0 saturated heterocycles. The number of nitrogen functional groups attached to an aromatic ring is 1. The maximum Gasteiger partial charge on any atom is 0.0453 e. The molecule has 2 aromatic carbocycles. The molecule has 0 aliphatic carbocycles. The van der Waals surface area contributed by atoms with E-state index >= 15 is 0 Å². The molecule has 1 nitrogen and oxygen atoms in total. The average molecular weight is 296 g/mol. The fraction of sp³-hybridized carbons (Fsp3) is 0.143. The molecule has 18 heavy (non-hydrogen) atoms. The van der Waals surface area contributed by atoms with E-state index in [-0.39, 0.29) is 0 Å². The third kappa shape index (κ3) is 3.61. The minimum absolute atomic E-state index is 0.726. The monoisotopic (exact) mass is 295 g/mol. The number of hydrogen-bond acceptors (Lipinski definition) is 3. The predicted molar refractivity (Wildman–Crippen MR) is 83.6 cm³/mol. The standard InChI is InChI=1S/C14H14ClNS2/c1-17-12-5-2-10(3-6-12)9-18-14-8-11(15)4-7-13(14)16/h2-8H,9,16H2,1H3. The summed E-state index contributed by atoms with van der Waals surface area (Å²) < 4.78 is 0. The van der Waals surface area contributed by atoms with Crippen LogP contribution in [0.5, 0.6) is 0 Å². The summed E-state index contributed by atoms with van der Waals surface area (Å²) >= 11 is 9.43. The number of nitrogens with two attached hydrogens (primary N) is 1. The minimum atomic E-state index is 0.726. The Kier molecular flexibility index (Phi) is 4.87. The molecule has 2 aromatic rings. The van der Waals surface area contributed by atoms with Crippen LogP contribution in [-0.4, -0.2) is 6.26 Å². The molecule has 0 atom stereocenters. The summed E-state index contributed by atoms with van der Waals surface area (Å²) in [6, 6.07) is 14.2. The van der Waals surface area contributed by atoms with E-state index in [4.69, 9.17) is 17.3 Å². The van der Waals surface area contributed by atoms with Gasteiger partial charge in [0.2, 0.25) is 0 Å². The fourth-order valence-corrected chi connectivity index (χ4v) is 3.12. The van der Waals surface area contributed by atoms with Gasteiger partial charge in [-0.2, -0.15) is 0 Å². The summed E-state index contributed by atoms with van der Waals surface area (Å²) in [5, 5.41) is 0.726. The highest BCUT2D eigenvalue weighted by atomic mass is 35.5. The highest BCUT2D eigenvalue weighted by Gasteiger charge is 2.02. The van der Waals surface area contributed by atoms with Crippen LogP contribution in [0.2, 0.25) is 5.02 Å². The lowest BCUT2D eigenvalue weighted by Gasteiger charge is -2.06.